The molecule has 1 saturated heterocycles. The lowest BCUT2D eigenvalue weighted by Gasteiger charge is -2.31. The number of nitrogens with one attached hydrogen (secondary N) is 1. The molecule has 1 aliphatic carbocycles. The number of nitriles is 1. The smallest absolute Gasteiger partial charge is 0.331 e. The van der Waals surface area contributed by atoms with Crippen molar-refractivity contribution in [2.24, 2.45) is 0 Å². The molecule has 4 rings (SSSR count). The summed E-state index contributed by atoms with van der Waals surface area (Å²) in [5.74, 6) is -0.602. The van der Waals surface area contributed by atoms with Crippen LogP contribution < -0.4 is 10.1 Å². The van der Waals surface area contributed by atoms with E-state index < -0.39 is 17.8 Å². The predicted octanol–water partition coefficient (Wildman–Crippen LogP) is 4.15. The minimum Gasteiger partial charge on any atom is -0.488 e. The first-order chi connectivity index (χ1) is 15.5. The topological polar surface area (TPSA) is 99.5 Å². The molecular weight excluding hydrogens is 521 g/mol. The predicted molar refractivity (Wildman–Crippen MR) is 125 cm³/mol. The number of hydrogen-bond acceptors (Lipinski definition) is 5. The van der Waals surface area contributed by atoms with E-state index in [9.17, 15) is 19.6 Å². The third-order valence-electron chi connectivity index (χ3n) is 5.61. The Morgan fingerprint density at radius 1 is 1.16 bits per heavy atom. The van der Waals surface area contributed by atoms with Crippen molar-refractivity contribution in [3.63, 3.8) is 0 Å². The molecule has 2 aromatic rings. The van der Waals surface area contributed by atoms with Gasteiger partial charge >= 0.3 is 6.03 Å². The Kier molecular flexibility index (Phi) is 6.55. The average molecular weight is 541 g/mol. The number of rotatable bonds is 5. The summed E-state index contributed by atoms with van der Waals surface area (Å²) in [5.41, 5.74) is 1.95. The van der Waals surface area contributed by atoms with Crippen molar-refractivity contribution >= 4 is 46.5 Å². The van der Waals surface area contributed by atoms with Crippen LogP contribution in [0.25, 0.3) is 6.08 Å². The maximum atomic E-state index is 12.9. The van der Waals surface area contributed by atoms with E-state index in [0.29, 0.717) is 16.9 Å². The first-order valence-electron chi connectivity index (χ1n) is 10.3. The van der Waals surface area contributed by atoms with Gasteiger partial charge in [-0.2, -0.15) is 5.26 Å². The molecular formula is C24H20IN3O4. The average Bonchev–Trinajstić information content (AvgIpc) is 3.30. The van der Waals surface area contributed by atoms with Gasteiger partial charge in [0, 0.05) is 11.6 Å². The highest BCUT2D eigenvalue weighted by Crippen LogP contribution is 2.28. The molecule has 1 saturated carbocycles. The van der Waals surface area contributed by atoms with E-state index >= 15 is 0 Å². The van der Waals surface area contributed by atoms with Crippen molar-refractivity contribution < 1.29 is 19.1 Å². The molecule has 32 heavy (non-hydrogen) atoms. The Balaban J connectivity index is 1.53. The Morgan fingerprint density at radius 2 is 1.91 bits per heavy atom. The zero-order valence-electron chi connectivity index (χ0n) is 17.1. The molecule has 0 unspecified atom stereocenters. The molecule has 2 aliphatic rings. The van der Waals surface area contributed by atoms with Gasteiger partial charge in [0.15, 0.2) is 0 Å². The Labute approximate surface area is 199 Å². The van der Waals surface area contributed by atoms with Crippen molar-refractivity contribution in [2.45, 2.75) is 38.3 Å². The highest BCUT2D eigenvalue weighted by atomic mass is 127. The second-order valence-electron chi connectivity index (χ2n) is 7.68. The van der Waals surface area contributed by atoms with Gasteiger partial charge in [-0.25, -0.2) is 4.79 Å². The number of carbonyl (C=O) groups excluding carboxylic acids is 3. The molecule has 0 bridgehead atoms. The van der Waals surface area contributed by atoms with E-state index in [1.165, 1.54) is 11.0 Å². The van der Waals surface area contributed by atoms with Crippen LogP contribution in [0.15, 0.2) is 48.0 Å². The van der Waals surface area contributed by atoms with Crippen LogP contribution >= 0.6 is 22.6 Å². The summed E-state index contributed by atoms with van der Waals surface area (Å²) in [6.07, 6.45) is 4.96. The van der Waals surface area contributed by atoms with Crippen LogP contribution in [0.4, 0.5) is 4.79 Å². The summed E-state index contributed by atoms with van der Waals surface area (Å²) in [4.78, 5) is 38.7. The molecule has 1 aliphatic heterocycles. The second kappa shape index (κ2) is 9.53. The molecule has 7 nitrogen and oxygen atoms in total. The van der Waals surface area contributed by atoms with Crippen LogP contribution in [-0.2, 0) is 16.2 Å². The molecule has 2 fully saturated rings. The van der Waals surface area contributed by atoms with Gasteiger partial charge in [0.25, 0.3) is 11.8 Å². The van der Waals surface area contributed by atoms with Crippen molar-refractivity contribution in [2.75, 3.05) is 0 Å². The number of halogens is 1. The summed E-state index contributed by atoms with van der Waals surface area (Å²) in [6.45, 7) is 0.250. The van der Waals surface area contributed by atoms with E-state index in [-0.39, 0.29) is 18.2 Å². The van der Waals surface area contributed by atoms with Gasteiger partial charge in [-0.1, -0.05) is 37.1 Å². The fraction of sp³-hybridized carbons (Fsp3) is 0.250. The lowest BCUT2D eigenvalue weighted by atomic mass is 10.1. The van der Waals surface area contributed by atoms with Crippen LogP contribution in [0, 0.1) is 14.9 Å². The summed E-state index contributed by atoms with van der Waals surface area (Å²) in [7, 11) is 0. The number of benzene rings is 2. The number of imide groups is 2. The molecule has 0 radical (unpaired) electrons. The van der Waals surface area contributed by atoms with Gasteiger partial charge in [0.05, 0.1) is 15.2 Å². The zero-order valence-corrected chi connectivity index (χ0v) is 19.3. The quantitative estimate of drug-likeness (QED) is 0.349. The molecule has 162 valence electrons. The van der Waals surface area contributed by atoms with Crippen LogP contribution in [0.1, 0.15) is 42.4 Å². The Bertz CT molecular complexity index is 1160. The molecule has 4 amide bonds. The fourth-order valence-electron chi connectivity index (χ4n) is 3.97. The number of amides is 4. The molecule has 0 aromatic heterocycles. The van der Waals surface area contributed by atoms with E-state index in [0.717, 1.165) is 34.8 Å². The monoisotopic (exact) mass is 541 g/mol. The Hall–Kier alpha value is -3.19. The van der Waals surface area contributed by atoms with Gasteiger partial charge in [-0.05, 0) is 65.3 Å². The zero-order chi connectivity index (χ0) is 22.7. The molecule has 0 spiro atoms. The minimum atomic E-state index is -0.683. The number of nitrogens with zero attached hydrogens (tertiary/aromatic N) is 2. The molecule has 1 N–H and O–H groups in total. The second-order valence-corrected chi connectivity index (χ2v) is 8.84. The van der Waals surface area contributed by atoms with Crippen LogP contribution in [-0.4, -0.2) is 28.8 Å². The summed E-state index contributed by atoms with van der Waals surface area (Å²) >= 11 is 2.12. The van der Waals surface area contributed by atoms with E-state index in [2.05, 4.69) is 34.0 Å². The van der Waals surface area contributed by atoms with Crippen LogP contribution in [0.3, 0.4) is 0 Å². The SMILES string of the molecule is N#Cc1ccccc1COc1ccc(/C=C2\C(=O)NC(=O)N(C3CCCC3)C2=O)cc1I. The van der Waals surface area contributed by atoms with Crippen molar-refractivity contribution in [1.29, 1.82) is 5.26 Å². The number of barbiturate groups is 1. The highest BCUT2D eigenvalue weighted by molar-refractivity contribution is 14.1. The van der Waals surface area contributed by atoms with E-state index in [4.69, 9.17) is 4.74 Å². The third kappa shape index (κ3) is 4.53. The van der Waals surface area contributed by atoms with Gasteiger partial charge in [0.2, 0.25) is 0 Å². The maximum Gasteiger partial charge on any atom is 0.331 e. The van der Waals surface area contributed by atoms with Gasteiger partial charge in [-0.15, -0.1) is 0 Å². The third-order valence-corrected chi connectivity index (χ3v) is 6.45. The standard InChI is InChI=1S/C24H20IN3O4/c25-20-12-15(9-10-21(20)32-14-17-6-2-1-5-16(17)13-26)11-19-22(29)27-24(31)28(23(19)30)18-7-3-4-8-18/h1-2,5-6,9-12,18H,3-4,7-8,14H2,(H,27,29,31)/b19-11+. The fourth-order valence-corrected chi connectivity index (χ4v) is 4.66. The largest absolute Gasteiger partial charge is 0.488 e. The summed E-state index contributed by atoms with van der Waals surface area (Å²) in [6, 6.07) is 13.9. The van der Waals surface area contributed by atoms with Crippen molar-refractivity contribution in [1.82, 2.24) is 10.2 Å². The van der Waals surface area contributed by atoms with Gasteiger partial charge < -0.3 is 4.74 Å². The molecule has 8 heteroatoms. The number of carbonyl (C=O) groups is 3. The van der Waals surface area contributed by atoms with Crippen LogP contribution in [0.5, 0.6) is 5.75 Å². The van der Waals surface area contributed by atoms with E-state index in [1.54, 1.807) is 30.3 Å². The number of urea groups is 1. The number of ether oxygens (including phenoxy) is 1. The van der Waals surface area contributed by atoms with Gasteiger partial charge in [-0.3, -0.25) is 19.8 Å². The molecule has 2 aromatic carbocycles. The summed E-state index contributed by atoms with van der Waals surface area (Å²) in [5, 5.41) is 11.5. The minimum absolute atomic E-state index is 0.0519. The normalized spacial score (nSPS) is 18.1. The lowest BCUT2D eigenvalue weighted by Crippen LogP contribution is -2.57. The van der Waals surface area contributed by atoms with E-state index in [1.807, 2.05) is 12.1 Å². The maximum absolute atomic E-state index is 12.9. The first-order valence-corrected chi connectivity index (χ1v) is 11.4. The van der Waals surface area contributed by atoms with Crippen LogP contribution in [0.2, 0.25) is 0 Å². The summed E-state index contributed by atoms with van der Waals surface area (Å²) < 4.78 is 6.66. The molecule has 1 heterocycles. The lowest BCUT2D eigenvalue weighted by molar-refractivity contribution is -0.131. The highest BCUT2D eigenvalue weighted by Gasteiger charge is 2.40. The molecule has 0 atom stereocenters. The van der Waals surface area contributed by atoms with Crippen molar-refractivity contribution in [3.8, 4) is 11.8 Å². The number of hydrogen-bond donors (Lipinski definition) is 1. The van der Waals surface area contributed by atoms with Gasteiger partial charge in [0.1, 0.15) is 17.9 Å². The Morgan fingerprint density at radius 3 is 2.62 bits per heavy atom. The van der Waals surface area contributed by atoms with Crippen molar-refractivity contribution in [3.05, 3.63) is 68.3 Å². The first kappa shape index (κ1) is 22.0.